The number of nitrogens with zero attached hydrogens (tertiary/aromatic N) is 3. The van der Waals surface area contributed by atoms with Gasteiger partial charge in [-0.15, -0.1) is 0 Å². The Hall–Kier alpha value is -1.75. The Morgan fingerprint density at radius 2 is 2.16 bits per heavy atom. The summed E-state index contributed by atoms with van der Waals surface area (Å²) in [6.45, 7) is 3.65. The lowest BCUT2D eigenvalue weighted by atomic mass is 10.0. The predicted molar refractivity (Wildman–Crippen MR) is 69.7 cm³/mol. The average Bonchev–Trinajstić information content (AvgIpc) is 2.98. The van der Waals surface area contributed by atoms with Crippen molar-refractivity contribution < 1.29 is 9.26 Å². The molecule has 1 aliphatic heterocycles. The molecule has 0 amide bonds. The number of hydrogen-bond donors (Lipinski definition) is 0. The monoisotopic (exact) mass is 259 g/mol. The zero-order valence-electron chi connectivity index (χ0n) is 11.0. The van der Waals surface area contributed by atoms with E-state index < -0.39 is 0 Å². The molecule has 1 fully saturated rings. The minimum absolute atomic E-state index is 0.335. The predicted octanol–water partition coefficient (Wildman–Crippen LogP) is 2.59. The lowest BCUT2D eigenvalue weighted by molar-refractivity contribution is 0.0778. The second kappa shape index (κ2) is 5.48. The lowest BCUT2D eigenvalue weighted by Crippen LogP contribution is -2.14. The van der Waals surface area contributed by atoms with E-state index in [4.69, 9.17) is 9.26 Å². The fourth-order valence-corrected chi connectivity index (χ4v) is 2.38. The van der Waals surface area contributed by atoms with Crippen molar-refractivity contribution in [3.63, 3.8) is 0 Å². The largest absolute Gasteiger partial charge is 0.381 e. The normalized spacial score (nSPS) is 16.7. The molecule has 100 valence electrons. The molecule has 0 aromatic carbocycles. The molecule has 1 aliphatic rings. The standard InChI is InChI=1S/C14H17N3O2/c1-2-10-9-15-6-3-12(10)13-16-14(19-17-13)11-4-7-18-8-5-11/h3,6,9,11H,2,4-5,7-8H2,1H3. The fourth-order valence-electron chi connectivity index (χ4n) is 2.38. The Balaban J connectivity index is 1.88. The van der Waals surface area contributed by atoms with Crippen LogP contribution >= 0.6 is 0 Å². The maximum atomic E-state index is 5.42. The van der Waals surface area contributed by atoms with Crippen LogP contribution in [-0.4, -0.2) is 28.3 Å². The highest BCUT2D eigenvalue weighted by molar-refractivity contribution is 5.58. The molecular weight excluding hydrogens is 242 g/mol. The zero-order chi connectivity index (χ0) is 13.1. The molecule has 0 atom stereocenters. The summed E-state index contributed by atoms with van der Waals surface area (Å²) in [4.78, 5) is 8.69. The van der Waals surface area contributed by atoms with Gasteiger partial charge in [0.15, 0.2) is 0 Å². The van der Waals surface area contributed by atoms with Gasteiger partial charge in [-0.25, -0.2) is 0 Å². The van der Waals surface area contributed by atoms with Gasteiger partial charge < -0.3 is 9.26 Å². The lowest BCUT2D eigenvalue weighted by Gasteiger charge is -2.17. The maximum Gasteiger partial charge on any atom is 0.230 e. The molecule has 1 saturated heterocycles. The fraction of sp³-hybridized carbons (Fsp3) is 0.500. The highest BCUT2D eigenvalue weighted by Gasteiger charge is 2.22. The van der Waals surface area contributed by atoms with Gasteiger partial charge in [-0.3, -0.25) is 4.98 Å². The van der Waals surface area contributed by atoms with Crippen molar-refractivity contribution in [1.29, 1.82) is 0 Å². The first-order valence-corrected chi connectivity index (χ1v) is 6.73. The van der Waals surface area contributed by atoms with E-state index in [1.807, 2.05) is 12.3 Å². The molecule has 3 rings (SSSR count). The highest BCUT2D eigenvalue weighted by atomic mass is 16.5. The first-order valence-electron chi connectivity index (χ1n) is 6.73. The number of aromatic nitrogens is 3. The third-order valence-corrected chi connectivity index (χ3v) is 3.54. The number of pyridine rings is 1. The van der Waals surface area contributed by atoms with Gasteiger partial charge >= 0.3 is 0 Å². The molecule has 0 aliphatic carbocycles. The SMILES string of the molecule is CCc1cnccc1-c1noc(C2CCOCC2)n1. The van der Waals surface area contributed by atoms with Crippen LogP contribution in [-0.2, 0) is 11.2 Å². The van der Waals surface area contributed by atoms with E-state index in [2.05, 4.69) is 22.0 Å². The van der Waals surface area contributed by atoms with Crippen molar-refractivity contribution >= 4 is 0 Å². The van der Waals surface area contributed by atoms with Crippen LogP contribution in [0, 0.1) is 0 Å². The Kier molecular flexibility index (Phi) is 3.55. The van der Waals surface area contributed by atoms with E-state index in [0.29, 0.717) is 11.7 Å². The summed E-state index contributed by atoms with van der Waals surface area (Å²) in [5.41, 5.74) is 2.15. The first-order chi connectivity index (χ1) is 9.38. The molecule has 3 heterocycles. The Morgan fingerprint density at radius 3 is 2.95 bits per heavy atom. The van der Waals surface area contributed by atoms with Crippen LogP contribution < -0.4 is 0 Å². The summed E-state index contributed by atoms with van der Waals surface area (Å²) in [6.07, 6.45) is 6.44. The highest BCUT2D eigenvalue weighted by Crippen LogP contribution is 2.28. The third-order valence-electron chi connectivity index (χ3n) is 3.54. The van der Waals surface area contributed by atoms with Crippen molar-refractivity contribution in [1.82, 2.24) is 15.1 Å². The number of hydrogen-bond acceptors (Lipinski definition) is 5. The minimum Gasteiger partial charge on any atom is -0.381 e. The van der Waals surface area contributed by atoms with E-state index in [9.17, 15) is 0 Å². The minimum atomic E-state index is 0.335. The molecule has 5 heteroatoms. The molecular formula is C14H17N3O2. The van der Waals surface area contributed by atoms with Crippen LogP contribution in [0.25, 0.3) is 11.4 Å². The van der Waals surface area contributed by atoms with Crippen LogP contribution in [0.15, 0.2) is 23.0 Å². The number of ether oxygens (including phenoxy) is 1. The van der Waals surface area contributed by atoms with Crippen molar-refractivity contribution in [2.45, 2.75) is 32.1 Å². The maximum absolute atomic E-state index is 5.42. The van der Waals surface area contributed by atoms with Crippen molar-refractivity contribution in [3.05, 3.63) is 29.9 Å². The second-order valence-electron chi connectivity index (χ2n) is 4.73. The molecule has 0 unspecified atom stereocenters. The summed E-state index contributed by atoms with van der Waals surface area (Å²) < 4.78 is 10.8. The van der Waals surface area contributed by atoms with Crippen LogP contribution in [0.3, 0.4) is 0 Å². The molecule has 19 heavy (non-hydrogen) atoms. The molecule has 0 radical (unpaired) electrons. The summed E-state index contributed by atoms with van der Waals surface area (Å²) in [6, 6.07) is 1.94. The van der Waals surface area contributed by atoms with E-state index >= 15 is 0 Å². The van der Waals surface area contributed by atoms with E-state index in [1.54, 1.807) is 6.20 Å². The van der Waals surface area contributed by atoms with Crippen molar-refractivity contribution in [2.24, 2.45) is 0 Å². The van der Waals surface area contributed by atoms with Gasteiger partial charge in [-0.2, -0.15) is 4.98 Å². The number of aryl methyl sites for hydroxylation is 1. The molecule has 0 N–H and O–H groups in total. The smallest absolute Gasteiger partial charge is 0.230 e. The Bertz CT molecular complexity index is 547. The molecule has 0 saturated carbocycles. The molecule has 2 aromatic heterocycles. The third kappa shape index (κ3) is 2.51. The van der Waals surface area contributed by atoms with Gasteiger partial charge in [0.2, 0.25) is 11.7 Å². The Morgan fingerprint density at radius 1 is 1.32 bits per heavy atom. The van der Waals surface area contributed by atoms with Crippen LogP contribution in [0.2, 0.25) is 0 Å². The van der Waals surface area contributed by atoms with Gasteiger partial charge in [-0.05, 0) is 30.9 Å². The Labute approximate surface area is 112 Å². The van der Waals surface area contributed by atoms with Gasteiger partial charge in [0.05, 0.1) is 0 Å². The topological polar surface area (TPSA) is 61.0 Å². The summed E-state index contributed by atoms with van der Waals surface area (Å²) in [5, 5.41) is 4.12. The summed E-state index contributed by atoms with van der Waals surface area (Å²) >= 11 is 0. The number of rotatable bonds is 3. The zero-order valence-corrected chi connectivity index (χ0v) is 11.0. The van der Waals surface area contributed by atoms with Gasteiger partial charge in [0.25, 0.3) is 0 Å². The summed E-state index contributed by atoms with van der Waals surface area (Å²) in [7, 11) is 0. The van der Waals surface area contributed by atoms with Crippen molar-refractivity contribution in [3.8, 4) is 11.4 Å². The molecule has 0 bridgehead atoms. The second-order valence-corrected chi connectivity index (χ2v) is 4.73. The van der Waals surface area contributed by atoms with E-state index in [0.717, 1.165) is 49.5 Å². The molecule has 5 nitrogen and oxygen atoms in total. The molecule has 2 aromatic rings. The van der Waals surface area contributed by atoms with Gasteiger partial charge in [-0.1, -0.05) is 12.1 Å². The quantitative estimate of drug-likeness (QED) is 0.847. The van der Waals surface area contributed by atoms with E-state index in [-0.39, 0.29) is 0 Å². The van der Waals surface area contributed by atoms with Crippen LogP contribution in [0.1, 0.15) is 37.1 Å². The summed E-state index contributed by atoms with van der Waals surface area (Å²) in [5.74, 6) is 1.74. The van der Waals surface area contributed by atoms with E-state index in [1.165, 1.54) is 0 Å². The van der Waals surface area contributed by atoms with Crippen LogP contribution in [0.5, 0.6) is 0 Å². The van der Waals surface area contributed by atoms with Gasteiger partial charge in [0.1, 0.15) is 0 Å². The van der Waals surface area contributed by atoms with Gasteiger partial charge in [0, 0.05) is 37.1 Å². The van der Waals surface area contributed by atoms with Crippen LogP contribution in [0.4, 0.5) is 0 Å². The first kappa shape index (κ1) is 12.3. The average molecular weight is 259 g/mol. The van der Waals surface area contributed by atoms with Crippen molar-refractivity contribution in [2.75, 3.05) is 13.2 Å². The molecule has 0 spiro atoms.